The molecule has 0 aliphatic carbocycles. The minimum Gasteiger partial charge on any atom is -0.480 e. The molecule has 2 rings (SSSR count). The van der Waals surface area contributed by atoms with Crippen LogP contribution in [-0.4, -0.2) is 44.9 Å². The highest BCUT2D eigenvalue weighted by Crippen LogP contribution is 2.23. The third-order valence-electron chi connectivity index (χ3n) is 4.23. The van der Waals surface area contributed by atoms with Gasteiger partial charge in [0.05, 0.1) is 0 Å². The summed E-state index contributed by atoms with van der Waals surface area (Å²) in [5, 5.41) is 9.16. The number of rotatable bonds is 5. The Morgan fingerprint density at radius 2 is 1.73 bits per heavy atom. The monoisotopic (exact) mass is 306 g/mol. The third kappa shape index (κ3) is 3.37. The van der Waals surface area contributed by atoms with Gasteiger partial charge in [0, 0.05) is 30.8 Å². The zero-order chi connectivity index (χ0) is 16.3. The van der Waals surface area contributed by atoms with Crippen LogP contribution in [0.5, 0.6) is 0 Å². The van der Waals surface area contributed by atoms with Crippen molar-refractivity contribution in [3.8, 4) is 0 Å². The van der Waals surface area contributed by atoms with Crippen LogP contribution in [0, 0.1) is 11.8 Å². The van der Waals surface area contributed by atoms with Crippen LogP contribution < -0.4 is 0 Å². The van der Waals surface area contributed by atoms with Gasteiger partial charge in [-0.05, 0) is 31.4 Å². The number of hydrogen-bond acceptors (Lipinski definition) is 3. The van der Waals surface area contributed by atoms with Gasteiger partial charge in [-0.25, -0.2) is 4.79 Å². The highest BCUT2D eigenvalue weighted by Gasteiger charge is 2.36. The Morgan fingerprint density at radius 3 is 2.32 bits per heavy atom. The highest BCUT2D eigenvalue weighted by molar-refractivity contribution is 5.86. The number of nitrogens with zero attached hydrogens (tertiary/aromatic N) is 2. The minimum absolute atomic E-state index is 0.0548. The second-order valence-corrected chi connectivity index (χ2v) is 5.99. The zero-order valence-electron chi connectivity index (χ0n) is 12.9. The van der Waals surface area contributed by atoms with Gasteiger partial charge in [0.25, 0.3) is 0 Å². The summed E-state index contributed by atoms with van der Waals surface area (Å²) in [6.07, 6.45) is 5.01. The molecule has 1 fully saturated rings. The summed E-state index contributed by atoms with van der Waals surface area (Å²) in [6.45, 7) is 4.05. The first-order valence-corrected chi connectivity index (χ1v) is 7.62. The average Bonchev–Trinajstić information content (AvgIpc) is 3.16. The van der Waals surface area contributed by atoms with Crippen LogP contribution in [0.1, 0.15) is 37.9 Å². The first-order chi connectivity index (χ1) is 10.4. The molecule has 0 aromatic carbocycles. The van der Waals surface area contributed by atoms with Crippen molar-refractivity contribution in [3.63, 3.8) is 0 Å². The van der Waals surface area contributed by atoms with Crippen molar-refractivity contribution in [2.24, 2.45) is 11.8 Å². The highest BCUT2D eigenvalue weighted by atomic mass is 16.4. The van der Waals surface area contributed by atoms with Crippen molar-refractivity contribution < 1.29 is 19.5 Å². The number of carbonyl (C=O) groups is 3. The van der Waals surface area contributed by atoms with E-state index in [0.29, 0.717) is 25.8 Å². The molecule has 0 bridgehead atoms. The standard InChI is InChI=1S/C16H22N2O4/c1-11(14(19)17-7-3-4-8-17)10-12(2)15(20)18-9-5-6-13(18)16(21)22/h3-4,7-8,11-13H,5-6,9-10H2,1-2H3,(H,21,22)/t11-,12?,13-/m1/s1. The fraction of sp³-hybridized carbons (Fsp3) is 0.562. The van der Waals surface area contributed by atoms with Gasteiger partial charge in [-0.3, -0.25) is 14.2 Å². The first kappa shape index (κ1) is 16.3. The Bertz CT molecular complexity index is 553. The number of carbonyl (C=O) groups excluding carboxylic acids is 2. The molecule has 1 saturated heterocycles. The molecular formula is C16H22N2O4. The van der Waals surface area contributed by atoms with E-state index in [-0.39, 0.29) is 23.7 Å². The normalized spacial score (nSPS) is 20.6. The Balaban J connectivity index is 1.96. The molecule has 1 amide bonds. The van der Waals surface area contributed by atoms with Crippen LogP contribution in [0.2, 0.25) is 0 Å². The lowest BCUT2D eigenvalue weighted by atomic mass is 9.95. The number of likely N-dealkylation sites (tertiary alicyclic amines) is 1. The molecule has 0 spiro atoms. The summed E-state index contributed by atoms with van der Waals surface area (Å²) < 4.78 is 1.51. The molecule has 6 nitrogen and oxygen atoms in total. The predicted octanol–water partition coefficient (Wildman–Crippen LogP) is 1.87. The number of aliphatic carboxylic acids is 1. The van der Waals surface area contributed by atoms with E-state index in [1.807, 2.05) is 0 Å². The fourth-order valence-corrected chi connectivity index (χ4v) is 3.04. The van der Waals surface area contributed by atoms with E-state index in [1.165, 1.54) is 9.47 Å². The third-order valence-corrected chi connectivity index (χ3v) is 4.23. The van der Waals surface area contributed by atoms with Gasteiger partial charge in [-0.2, -0.15) is 0 Å². The van der Waals surface area contributed by atoms with E-state index < -0.39 is 12.0 Å². The lowest BCUT2D eigenvalue weighted by molar-refractivity contribution is -0.149. The van der Waals surface area contributed by atoms with Crippen LogP contribution in [-0.2, 0) is 9.59 Å². The zero-order valence-corrected chi connectivity index (χ0v) is 12.9. The summed E-state index contributed by atoms with van der Waals surface area (Å²) in [7, 11) is 0. The largest absolute Gasteiger partial charge is 0.480 e. The second-order valence-electron chi connectivity index (χ2n) is 5.99. The molecular weight excluding hydrogens is 284 g/mol. The van der Waals surface area contributed by atoms with Gasteiger partial charge in [0.1, 0.15) is 6.04 Å². The van der Waals surface area contributed by atoms with E-state index in [1.54, 1.807) is 38.4 Å². The summed E-state index contributed by atoms with van der Waals surface area (Å²) in [5.41, 5.74) is 0. The maximum Gasteiger partial charge on any atom is 0.326 e. The maximum absolute atomic E-state index is 12.4. The predicted molar refractivity (Wildman–Crippen MR) is 80.4 cm³/mol. The van der Waals surface area contributed by atoms with Crippen LogP contribution >= 0.6 is 0 Å². The summed E-state index contributed by atoms with van der Waals surface area (Å²) >= 11 is 0. The molecule has 1 aliphatic heterocycles. The Hall–Kier alpha value is -2.11. The molecule has 1 aromatic heterocycles. The average molecular weight is 306 g/mol. The van der Waals surface area contributed by atoms with Crippen molar-refractivity contribution in [2.45, 2.75) is 39.2 Å². The first-order valence-electron chi connectivity index (χ1n) is 7.62. The molecule has 1 unspecified atom stereocenters. The van der Waals surface area contributed by atoms with Crippen molar-refractivity contribution in [1.29, 1.82) is 0 Å². The van der Waals surface area contributed by atoms with Gasteiger partial charge in [-0.1, -0.05) is 13.8 Å². The molecule has 2 heterocycles. The van der Waals surface area contributed by atoms with E-state index >= 15 is 0 Å². The molecule has 6 heteroatoms. The number of aromatic nitrogens is 1. The SMILES string of the molecule is CC(C[C@@H](C)C(=O)n1cccc1)C(=O)N1CCC[C@@H]1C(=O)O. The number of hydrogen-bond donors (Lipinski definition) is 1. The fourth-order valence-electron chi connectivity index (χ4n) is 3.04. The summed E-state index contributed by atoms with van der Waals surface area (Å²) in [4.78, 5) is 37.3. The second kappa shape index (κ2) is 6.77. The molecule has 1 N–H and O–H groups in total. The Morgan fingerprint density at radius 1 is 1.14 bits per heavy atom. The topological polar surface area (TPSA) is 79.6 Å². The summed E-state index contributed by atoms with van der Waals surface area (Å²) in [5.74, 6) is -1.83. The molecule has 22 heavy (non-hydrogen) atoms. The van der Waals surface area contributed by atoms with Crippen molar-refractivity contribution in [1.82, 2.24) is 9.47 Å². The van der Waals surface area contributed by atoms with Gasteiger partial charge in [0.15, 0.2) is 0 Å². The van der Waals surface area contributed by atoms with E-state index in [0.717, 1.165) is 0 Å². The van der Waals surface area contributed by atoms with E-state index in [4.69, 9.17) is 5.11 Å². The Labute approximate surface area is 129 Å². The van der Waals surface area contributed by atoms with Crippen LogP contribution in [0.3, 0.4) is 0 Å². The van der Waals surface area contributed by atoms with Crippen LogP contribution in [0.4, 0.5) is 0 Å². The maximum atomic E-state index is 12.4. The van der Waals surface area contributed by atoms with E-state index in [2.05, 4.69) is 0 Å². The van der Waals surface area contributed by atoms with Gasteiger partial charge < -0.3 is 10.0 Å². The molecule has 1 aliphatic rings. The number of amides is 1. The summed E-state index contributed by atoms with van der Waals surface area (Å²) in [6, 6.07) is 2.84. The van der Waals surface area contributed by atoms with Gasteiger partial charge >= 0.3 is 5.97 Å². The van der Waals surface area contributed by atoms with Crippen LogP contribution in [0.25, 0.3) is 0 Å². The number of carboxylic acids is 1. The lowest BCUT2D eigenvalue weighted by Gasteiger charge is -2.26. The Kier molecular flexibility index (Phi) is 5.00. The molecule has 0 radical (unpaired) electrons. The van der Waals surface area contributed by atoms with Gasteiger partial charge in [-0.15, -0.1) is 0 Å². The molecule has 3 atom stereocenters. The lowest BCUT2D eigenvalue weighted by Crippen LogP contribution is -2.43. The molecule has 1 aromatic rings. The minimum atomic E-state index is -0.950. The van der Waals surface area contributed by atoms with E-state index in [9.17, 15) is 14.4 Å². The van der Waals surface area contributed by atoms with Crippen molar-refractivity contribution in [3.05, 3.63) is 24.5 Å². The van der Waals surface area contributed by atoms with Crippen molar-refractivity contribution in [2.75, 3.05) is 6.54 Å². The van der Waals surface area contributed by atoms with Gasteiger partial charge in [0.2, 0.25) is 11.8 Å². The van der Waals surface area contributed by atoms with Crippen molar-refractivity contribution >= 4 is 17.8 Å². The smallest absolute Gasteiger partial charge is 0.326 e. The molecule has 120 valence electrons. The number of carboxylic acid groups (broad SMARTS) is 1. The quantitative estimate of drug-likeness (QED) is 0.900. The van der Waals surface area contributed by atoms with Crippen LogP contribution in [0.15, 0.2) is 24.5 Å². The molecule has 0 saturated carbocycles.